The van der Waals surface area contributed by atoms with Gasteiger partial charge in [0.1, 0.15) is 0 Å². The molecule has 0 radical (unpaired) electrons. The summed E-state index contributed by atoms with van der Waals surface area (Å²) in [6, 6.07) is 8.59. The zero-order valence-corrected chi connectivity index (χ0v) is 16.4. The fraction of sp³-hybridized carbons (Fsp3) is 0.632. The molecule has 1 N–H and O–H groups in total. The van der Waals surface area contributed by atoms with Gasteiger partial charge in [-0.05, 0) is 0 Å². The van der Waals surface area contributed by atoms with Crippen LogP contribution in [0.4, 0.5) is 0 Å². The molecule has 1 unspecified atom stereocenters. The number of hydrogen-bond acceptors (Lipinski definition) is 2. The van der Waals surface area contributed by atoms with Crippen LogP contribution >= 0.6 is 0 Å². The van der Waals surface area contributed by atoms with Crippen molar-refractivity contribution in [3.63, 3.8) is 0 Å². The second kappa shape index (κ2) is 6.47. The minimum absolute atomic E-state index is 0.166. The zero-order valence-electron chi connectivity index (χ0n) is 14.7. The third-order valence-corrected chi connectivity index (χ3v) is 9.15. The van der Waals surface area contributed by atoms with Gasteiger partial charge in [-0.1, -0.05) is 0 Å². The molecule has 3 heteroatoms. The third kappa shape index (κ3) is 3.32. The molecule has 0 saturated heterocycles. The van der Waals surface area contributed by atoms with E-state index in [9.17, 15) is 5.11 Å². The molecule has 1 aliphatic heterocycles. The van der Waals surface area contributed by atoms with Crippen LogP contribution in [0.25, 0.3) is 0 Å². The van der Waals surface area contributed by atoms with Crippen molar-refractivity contribution in [2.24, 2.45) is 16.8 Å². The van der Waals surface area contributed by atoms with Gasteiger partial charge >= 0.3 is 141 Å². The van der Waals surface area contributed by atoms with Gasteiger partial charge < -0.3 is 0 Å². The van der Waals surface area contributed by atoms with E-state index in [4.69, 9.17) is 4.99 Å². The van der Waals surface area contributed by atoms with Crippen LogP contribution in [0.15, 0.2) is 29.3 Å². The number of nitrogens with zero attached hydrogens (tertiary/aromatic N) is 1. The average molecular weight is 366 g/mol. The Balaban J connectivity index is 2.51. The second-order valence-corrected chi connectivity index (χ2v) is 10.00. The van der Waals surface area contributed by atoms with Gasteiger partial charge in [0.2, 0.25) is 0 Å². The van der Waals surface area contributed by atoms with E-state index in [-0.39, 0.29) is 19.3 Å². The number of aliphatic imine (C=N–C) groups is 1. The Kier molecular flexibility index (Phi) is 5.21. The summed E-state index contributed by atoms with van der Waals surface area (Å²) in [5.41, 5.74) is 1.54. The fourth-order valence-electron chi connectivity index (χ4n) is 3.24. The molecule has 0 aromatic heterocycles. The predicted molar refractivity (Wildman–Crippen MR) is 95.7 cm³/mol. The van der Waals surface area contributed by atoms with E-state index in [1.54, 1.807) is 0 Å². The first-order valence-corrected chi connectivity index (χ1v) is 10.0. The molecule has 0 aliphatic carbocycles. The Labute approximate surface area is 141 Å². The fourth-order valence-corrected chi connectivity index (χ4v) is 6.61. The summed E-state index contributed by atoms with van der Waals surface area (Å²) in [5.74, 6) is 1.09. The molecule has 122 valence electrons. The van der Waals surface area contributed by atoms with Gasteiger partial charge in [-0.15, -0.1) is 0 Å². The van der Waals surface area contributed by atoms with Gasteiger partial charge in [0.25, 0.3) is 0 Å². The van der Waals surface area contributed by atoms with Crippen LogP contribution in [0, 0.1) is 18.8 Å². The minimum atomic E-state index is -0.908. The van der Waals surface area contributed by atoms with Gasteiger partial charge in [-0.25, -0.2) is 0 Å². The Hall–Kier alpha value is -0.631. The van der Waals surface area contributed by atoms with Crippen LogP contribution in [0.1, 0.15) is 58.6 Å². The number of aliphatic hydroxyl groups is 1. The van der Waals surface area contributed by atoms with Gasteiger partial charge in [0.15, 0.2) is 0 Å². The third-order valence-electron chi connectivity index (χ3n) is 4.98. The van der Waals surface area contributed by atoms with Crippen molar-refractivity contribution in [3.05, 3.63) is 35.4 Å². The van der Waals surface area contributed by atoms with Crippen molar-refractivity contribution in [3.8, 4) is 0 Å². The molecule has 0 fully saturated rings. The molecule has 1 aromatic rings. The van der Waals surface area contributed by atoms with Crippen LogP contribution in [0.3, 0.4) is 0 Å². The monoisotopic (exact) mass is 367 g/mol. The van der Waals surface area contributed by atoms with E-state index in [0.29, 0.717) is 18.3 Å². The van der Waals surface area contributed by atoms with Crippen LogP contribution in [-0.2, 0) is 0 Å². The first-order valence-electron chi connectivity index (χ1n) is 8.30. The first kappa shape index (κ1) is 17.7. The average Bonchev–Trinajstić information content (AvgIpc) is 2.47. The van der Waals surface area contributed by atoms with Crippen molar-refractivity contribution in [2.45, 2.75) is 64.4 Å². The topological polar surface area (TPSA) is 32.6 Å². The molecule has 22 heavy (non-hydrogen) atoms. The van der Waals surface area contributed by atoms with E-state index in [2.05, 4.69) is 58.9 Å². The number of benzene rings is 1. The Morgan fingerprint density at radius 3 is 2.14 bits per heavy atom. The summed E-state index contributed by atoms with van der Waals surface area (Å²) in [6.45, 7) is 13.4. The van der Waals surface area contributed by atoms with E-state index >= 15 is 0 Å². The summed E-state index contributed by atoms with van der Waals surface area (Å²) in [5, 5.41) is 11.0. The van der Waals surface area contributed by atoms with Crippen LogP contribution in [0.2, 0.25) is 4.31 Å². The molecular weight excluding hydrogens is 337 g/mol. The molecule has 0 amide bonds. The van der Waals surface area contributed by atoms with E-state index < -0.39 is 5.72 Å². The summed E-state index contributed by atoms with van der Waals surface area (Å²) in [7, 11) is 0. The van der Waals surface area contributed by atoms with Crippen LogP contribution in [-0.4, -0.2) is 30.4 Å². The second-order valence-electron chi connectivity index (χ2n) is 7.16. The van der Waals surface area contributed by atoms with E-state index in [1.807, 2.05) is 6.92 Å². The maximum absolute atomic E-state index is 11.0. The van der Waals surface area contributed by atoms with E-state index in [0.717, 1.165) is 11.0 Å². The summed E-state index contributed by atoms with van der Waals surface area (Å²) >= 11 is 0.270. The van der Waals surface area contributed by atoms with Gasteiger partial charge in [-0.2, -0.15) is 0 Å². The quantitative estimate of drug-likeness (QED) is 0.786. The van der Waals surface area contributed by atoms with Crippen molar-refractivity contribution in [2.75, 3.05) is 0 Å². The normalized spacial score (nSPS) is 24.7. The molecule has 1 atom stereocenters. The molecular formula is C19H29NOSe. The molecule has 1 aromatic carbocycles. The summed E-state index contributed by atoms with van der Waals surface area (Å²) < 4.78 is 1.30. The van der Waals surface area contributed by atoms with Crippen molar-refractivity contribution >= 4 is 19.6 Å². The molecule has 0 spiro atoms. The Morgan fingerprint density at radius 2 is 1.68 bits per heavy atom. The molecule has 1 aliphatic rings. The molecule has 2 rings (SSSR count). The molecule has 0 bridgehead atoms. The zero-order chi connectivity index (χ0) is 16.5. The SMILES string of the molecule is CCC1(O)CC(C(C)C)(C(C)C)[Se]C(c2ccc(C)cc2)=N1. The summed E-state index contributed by atoms with van der Waals surface area (Å²) in [4.78, 5) is 4.79. The van der Waals surface area contributed by atoms with Crippen molar-refractivity contribution in [1.82, 2.24) is 0 Å². The summed E-state index contributed by atoms with van der Waals surface area (Å²) in [6.07, 6.45) is 1.47. The maximum atomic E-state index is 11.0. The molecule has 0 saturated carbocycles. The van der Waals surface area contributed by atoms with E-state index in [1.165, 1.54) is 11.1 Å². The van der Waals surface area contributed by atoms with Gasteiger partial charge in [0, 0.05) is 0 Å². The number of aryl methyl sites for hydroxylation is 1. The van der Waals surface area contributed by atoms with Crippen molar-refractivity contribution in [1.29, 1.82) is 0 Å². The van der Waals surface area contributed by atoms with Crippen LogP contribution < -0.4 is 0 Å². The predicted octanol–water partition coefficient (Wildman–Crippen LogP) is 4.42. The first-order chi connectivity index (χ1) is 10.2. The van der Waals surface area contributed by atoms with Gasteiger partial charge in [-0.3, -0.25) is 0 Å². The van der Waals surface area contributed by atoms with Crippen molar-refractivity contribution < 1.29 is 5.11 Å². The molecule has 1 heterocycles. The number of rotatable bonds is 4. The number of hydrogen-bond donors (Lipinski definition) is 1. The Morgan fingerprint density at radius 1 is 1.14 bits per heavy atom. The molecule has 2 nitrogen and oxygen atoms in total. The standard InChI is InChI=1S/C19H29NOSe/c1-7-18(21)12-19(13(2)3,14(4)5)22-17(20-18)16-10-8-15(6)9-11-16/h8-11,13-14,21H,7,12H2,1-6H3. The Bertz CT molecular complexity index is 539. The van der Waals surface area contributed by atoms with Gasteiger partial charge in [0.05, 0.1) is 0 Å². The van der Waals surface area contributed by atoms with Crippen LogP contribution in [0.5, 0.6) is 0 Å².